The highest BCUT2D eigenvalue weighted by Crippen LogP contribution is 2.18. The molecule has 2 N–H and O–H groups in total. The van der Waals surface area contributed by atoms with Gasteiger partial charge in [-0.3, -0.25) is 0 Å². The molecule has 0 atom stereocenters. The van der Waals surface area contributed by atoms with E-state index in [2.05, 4.69) is 20.0 Å². The minimum Gasteiger partial charge on any atom is -0.444 e. The summed E-state index contributed by atoms with van der Waals surface area (Å²) in [5, 5.41) is 2.92. The van der Waals surface area contributed by atoms with Gasteiger partial charge in [-0.2, -0.15) is 0 Å². The third-order valence-electron chi connectivity index (χ3n) is 2.89. The van der Waals surface area contributed by atoms with Gasteiger partial charge < -0.3 is 9.73 Å². The molecule has 7 nitrogen and oxygen atoms in total. The lowest BCUT2D eigenvalue weighted by molar-refractivity contribution is 0.463. The third-order valence-corrected chi connectivity index (χ3v) is 4.32. The first kappa shape index (κ1) is 15.5. The quantitative estimate of drug-likeness (QED) is 0.841. The van der Waals surface area contributed by atoms with Crippen molar-refractivity contribution in [1.82, 2.24) is 14.7 Å². The fourth-order valence-electron chi connectivity index (χ4n) is 1.76. The third kappa shape index (κ3) is 3.59. The summed E-state index contributed by atoms with van der Waals surface area (Å²) in [5.41, 5.74) is 0.749. The molecule has 114 valence electrons. The van der Waals surface area contributed by atoms with E-state index in [0.717, 1.165) is 5.69 Å². The highest BCUT2D eigenvalue weighted by molar-refractivity contribution is 7.89. The maximum Gasteiger partial charge on any atom is 0.244 e. The van der Waals surface area contributed by atoms with Gasteiger partial charge in [0.2, 0.25) is 15.9 Å². The number of pyridine rings is 1. The van der Waals surface area contributed by atoms with Crippen molar-refractivity contribution >= 4 is 15.8 Å². The molecule has 21 heavy (non-hydrogen) atoms. The van der Waals surface area contributed by atoms with E-state index in [9.17, 15) is 8.42 Å². The van der Waals surface area contributed by atoms with E-state index in [0.29, 0.717) is 24.0 Å². The maximum atomic E-state index is 12.3. The van der Waals surface area contributed by atoms with Gasteiger partial charge in [0, 0.05) is 12.7 Å². The second-order valence-electron chi connectivity index (χ2n) is 4.45. The fraction of sp³-hybridized carbons (Fsp3) is 0.385. The topological polar surface area (TPSA) is 97.1 Å². The van der Waals surface area contributed by atoms with Gasteiger partial charge in [0.1, 0.15) is 16.5 Å². The predicted octanol–water partition coefficient (Wildman–Crippen LogP) is 1.60. The van der Waals surface area contributed by atoms with E-state index in [4.69, 9.17) is 4.42 Å². The molecule has 0 saturated carbocycles. The lowest BCUT2D eigenvalue weighted by Gasteiger charge is -2.10. The van der Waals surface area contributed by atoms with Crippen LogP contribution >= 0.6 is 0 Å². The van der Waals surface area contributed by atoms with E-state index in [1.54, 1.807) is 19.9 Å². The number of nitrogens with one attached hydrogen (secondary N) is 2. The van der Waals surface area contributed by atoms with E-state index >= 15 is 0 Å². The van der Waals surface area contributed by atoms with Crippen LogP contribution in [0.4, 0.5) is 5.82 Å². The van der Waals surface area contributed by atoms with Crippen molar-refractivity contribution in [3.63, 3.8) is 0 Å². The van der Waals surface area contributed by atoms with Gasteiger partial charge in [-0.15, -0.1) is 0 Å². The number of hydrogen-bond donors (Lipinski definition) is 2. The van der Waals surface area contributed by atoms with Crippen molar-refractivity contribution in [1.29, 1.82) is 0 Å². The average Bonchev–Trinajstić information content (AvgIpc) is 2.77. The Morgan fingerprint density at radius 1 is 1.33 bits per heavy atom. The van der Waals surface area contributed by atoms with E-state index < -0.39 is 10.0 Å². The van der Waals surface area contributed by atoms with Crippen LogP contribution in [0.2, 0.25) is 0 Å². The molecule has 0 aromatic carbocycles. The number of sulfonamides is 1. The molecule has 0 aliphatic rings. The predicted molar refractivity (Wildman–Crippen MR) is 78.4 cm³/mol. The molecule has 0 spiro atoms. The van der Waals surface area contributed by atoms with E-state index in [1.165, 1.54) is 12.3 Å². The molecule has 0 aliphatic carbocycles. The van der Waals surface area contributed by atoms with Gasteiger partial charge in [-0.05, 0) is 32.9 Å². The average molecular weight is 310 g/mol. The molecule has 0 radical (unpaired) electrons. The Balaban J connectivity index is 2.18. The largest absolute Gasteiger partial charge is 0.444 e. The summed E-state index contributed by atoms with van der Waals surface area (Å²) in [6, 6.07) is 3.08. The number of hydrogen-bond acceptors (Lipinski definition) is 6. The Kier molecular flexibility index (Phi) is 4.59. The van der Waals surface area contributed by atoms with Crippen molar-refractivity contribution in [3.05, 3.63) is 35.7 Å². The number of oxazole rings is 1. The number of aryl methyl sites for hydroxylation is 2. The molecule has 2 aromatic rings. The zero-order chi connectivity index (χ0) is 15.5. The van der Waals surface area contributed by atoms with Gasteiger partial charge in [0.05, 0.1) is 12.2 Å². The van der Waals surface area contributed by atoms with Crippen molar-refractivity contribution in [2.24, 2.45) is 0 Å². The van der Waals surface area contributed by atoms with E-state index in [1.807, 2.05) is 6.92 Å². The van der Waals surface area contributed by atoms with Crippen LogP contribution in [0, 0.1) is 13.8 Å². The molecule has 2 rings (SSSR count). The molecule has 0 aliphatic heterocycles. The van der Waals surface area contributed by atoms with Gasteiger partial charge in [-0.25, -0.2) is 23.1 Å². The summed E-state index contributed by atoms with van der Waals surface area (Å²) in [5.74, 6) is 1.34. The Morgan fingerprint density at radius 3 is 2.71 bits per heavy atom. The van der Waals surface area contributed by atoms with Crippen molar-refractivity contribution in [2.45, 2.75) is 32.2 Å². The van der Waals surface area contributed by atoms with Gasteiger partial charge >= 0.3 is 0 Å². The van der Waals surface area contributed by atoms with Crippen LogP contribution in [0.5, 0.6) is 0 Å². The summed E-state index contributed by atoms with van der Waals surface area (Å²) in [6.45, 7) is 6.04. The van der Waals surface area contributed by atoms with Crippen LogP contribution in [0.1, 0.15) is 24.3 Å². The first-order chi connectivity index (χ1) is 9.94. The summed E-state index contributed by atoms with van der Waals surface area (Å²) in [6.07, 6.45) is 1.54. The smallest absolute Gasteiger partial charge is 0.244 e. The van der Waals surface area contributed by atoms with Gasteiger partial charge in [0.25, 0.3) is 0 Å². The number of anilines is 1. The van der Waals surface area contributed by atoms with Crippen molar-refractivity contribution in [2.75, 3.05) is 11.9 Å². The molecular weight excluding hydrogens is 292 g/mol. The molecule has 8 heteroatoms. The minimum absolute atomic E-state index is 0.00251. The van der Waals surface area contributed by atoms with Gasteiger partial charge in [-0.1, -0.05) is 0 Å². The second kappa shape index (κ2) is 6.23. The van der Waals surface area contributed by atoms with Gasteiger partial charge in [0.15, 0.2) is 0 Å². The van der Waals surface area contributed by atoms with Crippen LogP contribution in [-0.4, -0.2) is 24.9 Å². The molecule has 0 saturated heterocycles. The maximum absolute atomic E-state index is 12.3. The monoisotopic (exact) mass is 310 g/mol. The van der Waals surface area contributed by atoms with Crippen LogP contribution in [-0.2, 0) is 16.6 Å². The molecule has 0 bridgehead atoms. The van der Waals surface area contributed by atoms with Crippen LogP contribution < -0.4 is 10.0 Å². The molecule has 2 heterocycles. The first-order valence-electron chi connectivity index (χ1n) is 6.55. The molecular formula is C13H18N4O3S. The Bertz CT molecular complexity index is 705. The SMILES string of the molecule is CCNc1ncccc1S(=O)(=O)NCc1nc(C)c(C)o1. The Labute approximate surface area is 123 Å². The standard InChI is InChI=1S/C13H18N4O3S/c1-4-14-13-11(6-5-7-15-13)21(18,19)16-8-12-17-9(2)10(3)20-12/h5-7,16H,4,8H2,1-3H3,(H,14,15). The van der Waals surface area contributed by atoms with E-state index in [-0.39, 0.29) is 11.4 Å². The van der Waals surface area contributed by atoms with Crippen LogP contribution in [0.3, 0.4) is 0 Å². The summed E-state index contributed by atoms with van der Waals surface area (Å²) in [4.78, 5) is 8.28. The van der Waals surface area contributed by atoms with Crippen molar-refractivity contribution < 1.29 is 12.8 Å². The highest BCUT2D eigenvalue weighted by atomic mass is 32.2. The normalized spacial score (nSPS) is 11.6. The molecule has 0 fully saturated rings. The minimum atomic E-state index is -3.69. The first-order valence-corrected chi connectivity index (χ1v) is 8.04. The Hall–Kier alpha value is -1.93. The lowest BCUT2D eigenvalue weighted by Crippen LogP contribution is -2.24. The fourth-order valence-corrected chi connectivity index (χ4v) is 2.86. The summed E-state index contributed by atoms with van der Waals surface area (Å²) < 4.78 is 32.5. The zero-order valence-electron chi connectivity index (χ0n) is 12.2. The van der Waals surface area contributed by atoms with Crippen LogP contribution in [0.15, 0.2) is 27.6 Å². The number of rotatable bonds is 6. The molecule has 2 aromatic heterocycles. The molecule has 0 amide bonds. The summed E-state index contributed by atoms with van der Waals surface area (Å²) >= 11 is 0. The summed E-state index contributed by atoms with van der Waals surface area (Å²) in [7, 11) is -3.69. The molecule has 0 unspecified atom stereocenters. The second-order valence-corrected chi connectivity index (χ2v) is 6.19. The highest BCUT2D eigenvalue weighted by Gasteiger charge is 2.20. The number of aromatic nitrogens is 2. The van der Waals surface area contributed by atoms with Crippen molar-refractivity contribution in [3.8, 4) is 0 Å². The van der Waals surface area contributed by atoms with Crippen LogP contribution in [0.25, 0.3) is 0 Å². The number of nitrogens with zero attached hydrogens (tertiary/aromatic N) is 2. The Morgan fingerprint density at radius 2 is 2.10 bits per heavy atom. The lowest BCUT2D eigenvalue weighted by atomic mass is 10.4. The zero-order valence-corrected chi connectivity index (χ0v) is 13.0.